The van der Waals surface area contributed by atoms with Crippen LogP contribution in [0.25, 0.3) is 0 Å². The molecule has 0 aromatic heterocycles. The Bertz CT molecular complexity index is 686. The van der Waals surface area contributed by atoms with Crippen LogP contribution in [0.5, 0.6) is 0 Å². The molecule has 6 nitrogen and oxygen atoms in total. The number of hydrogen-bond donors (Lipinski definition) is 1. The van der Waals surface area contributed by atoms with Gasteiger partial charge in [0, 0.05) is 13.2 Å². The number of sulfonamides is 1. The third-order valence-electron chi connectivity index (χ3n) is 4.12. The predicted molar refractivity (Wildman–Crippen MR) is 94.8 cm³/mol. The van der Waals surface area contributed by atoms with Crippen LogP contribution in [0.3, 0.4) is 0 Å². The van der Waals surface area contributed by atoms with E-state index in [1.807, 2.05) is 32.9 Å². The fourth-order valence-corrected chi connectivity index (χ4v) is 4.12. The summed E-state index contributed by atoms with van der Waals surface area (Å²) < 4.78 is 31.1. The number of anilines is 1. The molecule has 0 spiro atoms. The van der Waals surface area contributed by atoms with Gasteiger partial charge in [0.25, 0.3) is 0 Å². The molecular formula is C17H26N2O4S. The van der Waals surface area contributed by atoms with Crippen molar-refractivity contribution in [3.8, 4) is 0 Å². The lowest BCUT2D eigenvalue weighted by molar-refractivity contribution is -0.120. The fourth-order valence-electron chi connectivity index (χ4n) is 3.15. The average molecular weight is 354 g/mol. The molecule has 1 saturated heterocycles. The van der Waals surface area contributed by atoms with Gasteiger partial charge in [0.05, 0.1) is 18.0 Å². The van der Waals surface area contributed by atoms with Crippen molar-refractivity contribution in [2.75, 3.05) is 30.3 Å². The van der Waals surface area contributed by atoms with Gasteiger partial charge in [0.1, 0.15) is 6.54 Å². The summed E-state index contributed by atoms with van der Waals surface area (Å²) in [6.07, 6.45) is 3.08. The number of aryl methyl sites for hydroxylation is 3. The maximum Gasteiger partial charge on any atom is 0.240 e. The molecule has 134 valence electrons. The van der Waals surface area contributed by atoms with E-state index >= 15 is 0 Å². The molecule has 0 bridgehead atoms. The Balaban J connectivity index is 2.16. The van der Waals surface area contributed by atoms with E-state index in [4.69, 9.17) is 4.74 Å². The summed E-state index contributed by atoms with van der Waals surface area (Å²) in [5.74, 6) is -0.324. The zero-order valence-corrected chi connectivity index (χ0v) is 15.6. The summed E-state index contributed by atoms with van der Waals surface area (Å²) in [6.45, 7) is 6.59. The lowest BCUT2D eigenvalue weighted by Gasteiger charge is -2.26. The molecule has 1 N–H and O–H groups in total. The zero-order valence-electron chi connectivity index (χ0n) is 14.8. The Morgan fingerprint density at radius 2 is 1.92 bits per heavy atom. The summed E-state index contributed by atoms with van der Waals surface area (Å²) in [6, 6.07) is 3.84. The Hall–Kier alpha value is -1.60. The van der Waals surface area contributed by atoms with Crippen LogP contribution in [0, 0.1) is 20.8 Å². The van der Waals surface area contributed by atoms with E-state index in [1.165, 1.54) is 4.31 Å². The van der Waals surface area contributed by atoms with Crippen molar-refractivity contribution < 1.29 is 17.9 Å². The van der Waals surface area contributed by atoms with Crippen LogP contribution in [0.4, 0.5) is 5.69 Å². The monoisotopic (exact) mass is 354 g/mol. The Labute approximate surface area is 144 Å². The van der Waals surface area contributed by atoms with Crippen molar-refractivity contribution in [3.05, 3.63) is 28.8 Å². The summed E-state index contributed by atoms with van der Waals surface area (Å²) in [5.41, 5.74) is 3.31. The van der Waals surface area contributed by atoms with Gasteiger partial charge >= 0.3 is 0 Å². The third kappa shape index (κ3) is 4.70. The van der Waals surface area contributed by atoms with Crippen LogP contribution >= 0.6 is 0 Å². The minimum Gasteiger partial charge on any atom is -0.376 e. The molecule has 1 heterocycles. The van der Waals surface area contributed by atoms with E-state index in [0.29, 0.717) is 12.2 Å². The Morgan fingerprint density at radius 1 is 1.29 bits per heavy atom. The molecule has 1 amide bonds. The van der Waals surface area contributed by atoms with Gasteiger partial charge in [-0.15, -0.1) is 0 Å². The molecule has 1 atom stereocenters. The van der Waals surface area contributed by atoms with Crippen LogP contribution in [0.2, 0.25) is 0 Å². The second-order valence-corrected chi connectivity index (χ2v) is 8.36. The quantitative estimate of drug-likeness (QED) is 0.843. The summed E-state index contributed by atoms with van der Waals surface area (Å²) in [5, 5.41) is 2.78. The molecule has 2 rings (SSSR count). The maximum atomic E-state index is 12.2. The first kappa shape index (κ1) is 18.7. The highest BCUT2D eigenvalue weighted by Gasteiger charge is 2.25. The standard InChI is InChI=1S/C17H26N2O4S/c1-12-8-13(2)17(14(3)9-12)19(24(4,21)22)11-16(20)18-10-15-6-5-7-23-15/h8-9,15H,5-7,10-11H2,1-4H3,(H,18,20). The lowest BCUT2D eigenvalue weighted by atomic mass is 10.1. The number of ether oxygens (including phenoxy) is 1. The maximum absolute atomic E-state index is 12.2. The number of carbonyl (C=O) groups excluding carboxylic acids is 1. The molecule has 0 aliphatic carbocycles. The highest BCUT2D eigenvalue weighted by molar-refractivity contribution is 7.92. The number of benzene rings is 1. The molecule has 1 aromatic carbocycles. The average Bonchev–Trinajstić information content (AvgIpc) is 2.95. The van der Waals surface area contributed by atoms with Crippen LogP contribution in [0.15, 0.2) is 12.1 Å². The zero-order chi connectivity index (χ0) is 17.9. The van der Waals surface area contributed by atoms with Crippen molar-refractivity contribution in [1.82, 2.24) is 5.32 Å². The number of nitrogens with zero attached hydrogens (tertiary/aromatic N) is 1. The van der Waals surface area contributed by atoms with E-state index in [2.05, 4.69) is 5.32 Å². The van der Waals surface area contributed by atoms with Crippen molar-refractivity contribution in [2.24, 2.45) is 0 Å². The Morgan fingerprint density at radius 3 is 2.42 bits per heavy atom. The largest absolute Gasteiger partial charge is 0.376 e. The van der Waals surface area contributed by atoms with Crippen molar-refractivity contribution in [1.29, 1.82) is 0 Å². The molecule has 7 heteroatoms. The van der Waals surface area contributed by atoms with Crippen molar-refractivity contribution in [3.63, 3.8) is 0 Å². The van der Waals surface area contributed by atoms with Crippen LogP contribution in [-0.2, 0) is 19.6 Å². The van der Waals surface area contributed by atoms with Crippen molar-refractivity contribution in [2.45, 2.75) is 39.7 Å². The topological polar surface area (TPSA) is 75.7 Å². The van der Waals surface area contributed by atoms with Gasteiger partial charge in [-0.05, 0) is 44.7 Å². The summed E-state index contributed by atoms with van der Waals surface area (Å²) >= 11 is 0. The molecule has 1 aliphatic rings. The number of amides is 1. The lowest BCUT2D eigenvalue weighted by Crippen LogP contribution is -2.43. The van der Waals surface area contributed by atoms with Crippen molar-refractivity contribution >= 4 is 21.6 Å². The molecule has 1 aliphatic heterocycles. The predicted octanol–water partition coefficient (Wildman–Crippen LogP) is 1.67. The van der Waals surface area contributed by atoms with E-state index in [-0.39, 0.29) is 18.6 Å². The smallest absolute Gasteiger partial charge is 0.240 e. The van der Waals surface area contributed by atoms with Crippen LogP contribution < -0.4 is 9.62 Å². The van der Waals surface area contributed by atoms with Gasteiger partial charge in [0.2, 0.25) is 15.9 Å². The second kappa shape index (κ2) is 7.53. The van der Waals surface area contributed by atoms with E-state index in [0.717, 1.165) is 42.4 Å². The molecule has 24 heavy (non-hydrogen) atoms. The fraction of sp³-hybridized carbons (Fsp3) is 0.588. The number of carbonyl (C=O) groups is 1. The summed E-state index contributed by atoms with van der Waals surface area (Å²) in [4.78, 5) is 12.2. The Kier molecular flexibility index (Phi) is 5.87. The number of rotatable bonds is 6. The first-order chi connectivity index (χ1) is 11.2. The van der Waals surface area contributed by atoms with Gasteiger partial charge in [0.15, 0.2) is 0 Å². The van der Waals surface area contributed by atoms with Gasteiger partial charge in [-0.3, -0.25) is 9.10 Å². The minimum atomic E-state index is -3.57. The molecule has 0 radical (unpaired) electrons. The molecule has 1 unspecified atom stereocenters. The van der Waals surface area contributed by atoms with Gasteiger partial charge in [-0.1, -0.05) is 17.7 Å². The first-order valence-electron chi connectivity index (χ1n) is 8.12. The number of hydrogen-bond acceptors (Lipinski definition) is 4. The van der Waals surface area contributed by atoms with Crippen LogP contribution in [0.1, 0.15) is 29.5 Å². The molecule has 1 fully saturated rings. The number of nitrogens with one attached hydrogen (secondary N) is 1. The van der Waals surface area contributed by atoms with E-state index in [9.17, 15) is 13.2 Å². The molecule has 0 saturated carbocycles. The van der Waals surface area contributed by atoms with Gasteiger partial charge in [-0.25, -0.2) is 8.42 Å². The first-order valence-corrected chi connectivity index (χ1v) is 9.97. The van der Waals surface area contributed by atoms with Gasteiger partial charge < -0.3 is 10.1 Å². The van der Waals surface area contributed by atoms with E-state index < -0.39 is 10.0 Å². The van der Waals surface area contributed by atoms with Gasteiger partial charge in [-0.2, -0.15) is 0 Å². The highest BCUT2D eigenvalue weighted by atomic mass is 32.2. The SMILES string of the molecule is Cc1cc(C)c(N(CC(=O)NCC2CCCO2)S(C)(=O)=O)c(C)c1. The molecular weight excluding hydrogens is 328 g/mol. The minimum absolute atomic E-state index is 0.0310. The second-order valence-electron chi connectivity index (χ2n) is 6.46. The highest BCUT2D eigenvalue weighted by Crippen LogP contribution is 2.28. The third-order valence-corrected chi connectivity index (χ3v) is 5.24. The summed E-state index contributed by atoms with van der Waals surface area (Å²) in [7, 11) is -3.57. The molecule has 1 aromatic rings. The normalized spacial score (nSPS) is 17.8. The van der Waals surface area contributed by atoms with E-state index in [1.54, 1.807) is 0 Å². The van der Waals surface area contributed by atoms with Crippen LogP contribution in [-0.4, -0.2) is 46.4 Å².